The molecule has 0 aliphatic rings. The Kier molecular flexibility index (Phi) is 13.3. The molecule has 0 saturated heterocycles. The minimum Gasteiger partial charge on any atom is -0.381 e. The Hall–Kier alpha value is -0.820. The van der Waals surface area contributed by atoms with E-state index in [4.69, 9.17) is 4.74 Å². The summed E-state index contributed by atoms with van der Waals surface area (Å²) in [6.07, 6.45) is 3.34. The number of hydrogen-bond donors (Lipinski definition) is 1. The van der Waals surface area contributed by atoms with Crippen LogP contribution in [0.1, 0.15) is 31.7 Å². The molecule has 0 radical (unpaired) electrons. The number of benzene rings is 1. The summed E-state index contributed by atoms with van der Waals surface area (Å²) in [5, 5.41) is 3.38. The third kappa shape index (κ3) is 10.00. The lowest BCUT2D eigenvalue weighted by Crippen LogP contribution is -2.37. The van der Waals surface area contributed by atoms with Gasteiger partial charge in [-0.25, -0.2) is 4.99 Å². The molecule has 1 aromatic carbocycles. The normalized spacial score (nSPS) is 11.0. The molecule has 0 bridgehead atoms. The van der Waals surface area contributed by atoms with Crippen molar-refractivity contribution < 1.29 is 4.74 Å². The predicted molar refractivity (Wildman–Crippen MR) is 105 cm³/mol. The fourth-order valence-corrected chi connectivity index (χ4v) is 1.83. The number of rotatable bonds is 9. The van der Waals surface area contributed by atoms with Gasteiger partial charge in [-0.2, -0.15) is 0 Å². The molecule has 0 amide bonds. The molecule has 22 heavy (non-hydrogen) atoms. The molecule has 1 aromatic rings. The quantitative estimate of drug-likeness (QED) is 0.288. The summed E-state index contributed by atoms with van der Waals surface area (Å²) in [5.74, 6) is 0.924. The maximum absolute atomic E-state index is 5.55. The van der Waals surface area contributed by atoms with Gasteiger partial charge in [-0.15, -0.1) is 24.0 Å². The van der Waals surface area contributed by atoms with E-state index in [1.807, 2.05) is 37.2 Å². The van der Waals surface area contributed by atoms with E-state index in [1.54, 1.807) is 0 Å². The van der Waals surface area contributed by atoms with Gasteiger partial charge < -0.3 is 15.0 Å². The van der Waals surface area contributed by atoms with Crippen LogP contribution in [0, 0.1) is 0 Å². The minimum absolute atomic E-state index is 0. The molecule has 0 fully saturated rings. The van der Waals surface area contributed by atoms with Crippen molar-refractivity contribution >= 4 is 29.9 Å². The van der Waals surface area contributed by atoms with Gasteiger partial charge in [-0.05, 0) is 18.4 Å². The number of nitrogens with zero attached hydrogens (tertiary/aromatic N) is 2. The summed E-state index contributed by atoms with van der Waals surface area (Å²) in [4.78, 5) is 6.65. The molecule has 4 nitrogen and oxygen atoms in total. The Morgan fingerprint density at radius 3 is 2.45 bits per heavy atom. The highest BCUT2D eigenvalue weighted by Crippen LogP contribution is 2.00. The van der Waals surface area contributed by atoms with Crippen LogP contribution < -0.4 is 5.32 Å². The smallest absolute Gasteiger partial charge is 0.193 e. The second kappa shape index (κ2) is 13.8. The summed E-state index contributed by atoms with van der Waals surface area (Å²) in [5.41, 5.74) is 1.22. The Labute approximate surface area is 152 Å². The zero-order chi connectivity index (χ0) is 15.3. The fourth-order valence-electron chi connectivity index (χ4n) is 1.83. The Morgan fingerprint density at radius 1 is 1.14 bits per heavy atom. The first-order chi connectivity index (χ1) is 10.2. The van der Waals surface area contributed by atoms with Crippen LogP contribution in [0.4, 0.5) is 0 Å². The molecule has 0 spiro atoms. The van der Waals surface area contributed by atoms with Gasteiger partial charge in [0.05, 0.1) is 6.54 Å². The van der Waals surface area contributed by atoms with E-state index in [0.29, 0.717) is 6.54 Å². The highest BCUT2D eigenvalue weighted by Gasteiger charge is 2.01. The average Bonchev–Trinajstić information content (AvgIpc) is 2.50. The number of ether oxygens (including phenoxy) is 1. The van der Waals surface area contributed by atoms with Crippen LogP contribution in [0.25, 0.3) is 0 Å². The molecule has 126 valence electrons. The van der Waals surface area contributed by atoms with E-state index in [1.165, 1.54) is 12.0 Å². The second-order valence-corrected chi connectivity index (χ2v) is 5.27. The standard InChI is InChI=1S/C17H29N3O.HI/c1-4-5-13-21-14-9-12-18-17(20(2)3)19-15-16-10-7-6-8-11-16;/h6-8,10-11H,4-5,9,12-15H2,1-3H3,(H,18,19);1H. The lowest BCUT2D eigenvalue weighted by atomic mass is 10.2. The first-order valence-corrected chi connectivity index (χ1v) is 7.81. The summed E-state index contributed by atoms with van der Waals surface area (Å²) in [6.45, 7) is 5.45. The number of hydrogen-bond acceptors (Lipinski definition) is 2. The molecular formula is C17H30IN3O. The van der Waals surface area contributed by atoms with Crippen molar-refractivity contribution in [2.24, 2.45) is 4.99 Å². The number of unbranched alkanes of at least 4 members (excludes halogenated alkanes) is 1. The van der Waals surface area contributed by atoms with Gasteiger partial charge in [-0.3, -0.25) is 0 Å². The van der Waals surface area contributed by atoms with Crippen LogP contribution in [0.5, 0.6) is 0 Å². The van der Waals surface area contributed by atoms with Gasteiger partial charge in [0, 0.05) is 33.9 Å². The predicted octanol–water partition coefficient (Wildman–Crippen LogP) is 3.52. The van der Waals surface area contributed by atoms with Gasteiger partial charge in [0.1, 0.15) is 0 Å². The molecule has 0 aliphatic carbocycles. The van der Waals surface area contributed by atoms with E-state index in [0.717, 1.165) is 38.6 Å². The lowest BCUT2D eigenvalue weighted by molar-refractivity contribution is 0.129. The van der Waals surface area contributed by atoms with Gasteiger partial charge in [-0.1, -0.05) is 43.7 Å². The topological polar surface area (TPSA) is 36.9 Å². The average molecular weight is 419 g/mol. The van der Waals surface area contributed by atoms with Gasteiger partial charge in [0.25, 0.3) is 0 Å². The van der Waals surface area contributed by atoms with Gasteiger partial charge in [0.2, 0.25) is 0 Å². The largest absolute Gasteiger partial charge is 0.381 e. The zero-order valence-corrected chi connectivity index (χ0v) is 16.4. The van der Waals surface area contributed by atoms with E-state index < -0.39 is 0 Å². The summed E-state index contributed by atoms with van der Waals surface area (Å²) in [7, 11) is 4.02. The van der Waals surface area contributed by atoms with Crippen molar-refractivity contribution in [3.05, 3.63) is 35.9 Å². The van der Waals surface area contributed by atoms with Crippen molar-refractivity contribution in [3.63, 3.8) is 0 Å². The van der Waals surface area contributed by atoms with Crippen LogP contribution in [0.3, 0.4) is 0 Å². The maximum Gasteiger partial charge on any atom is 0.193 e. The molecule has 0 heterocycles. The maximum atomic E-state index is 5.55. The molecule has 0 saturated carbocycles. The second-order valence-electron chi connectivity index (χ2n) is 5.27. The Morgan fingerprint density at radius 2 is 1.82 bits per heavy atom. The van der Waals surface area contributed by atoms with E-state index in [-0.39, 0.29) is 24.0 Å². The van der Waals surface area contributed by atoms with Gasteiger partial charge in [0.15, 0.2) is 5.96 Å². The van der Waals surface area contributed by atoms with Crippen molar-refractivity contribution in [2.75, 3.05) is 33.9 Å². The number of guanidine groups is 1. The molecule has 1 N–H and O–H groups in total. The zero-order valence-electron chi connectivity index (χ0n) is 14.0. The molecule has 5 heteroatoms. The summed E-state index contributed by atoms with van der Waals surface area (Å²) in [6, 6.07) is 10.3. The van der Waals surface area contributed by atoms with Crippen molar-refractivity contribution in [2.45, 2.75) is 32.7 Å². The monoisotopic (exact) mass is 419 g/mol. The SMILES string of the molecule is CCCCOCCCNC(=NCc1ccccc1)N(C)C.I. The van der Waals surface area contributed by atoms with Crippen LogP contribution in [0.15, 0.2) is 35.3 Å². The van der Waals surface area contributed by atoms with E-state index in [2.05, 4.69) is 29.4 Å². The Balaban J connectivity index is 0.00000441. The van der Waals surface area contributed by atoms with Crippen LogP contribution >= 0.6 is 24.0 Å². The molecule has 0 atom stereocenters. The summed E-state index contributed by atoms with van der Waals surface area (Å²) < 4.78 is 5.55. The van der Waals surface area contributed by atoms with Crippen LogP contribution in [0.2, 0.25) is 0 Å². The van der Waals surface area contributed by atoms with Crippen LogP contribution in [-0.2, 0) is 11.3 Å². The van der Waals surface area contributed by atoms with E-state index >= 15 is 0 Å². The highest BCUT2D eigenvalue weighted by molar-refractivity contribution is 14.0. The minimum atomic E-state index is 0. The fraction of sp³-hybridized carbons (Fsp3) is 0.588. The first-order valence-electron chi connectivity index (χ1n) is 7.81. The molecule has 0 aromatic heterocycles. The van der Waals surface area contributed by atoms with Crippen LogP contribution in [-0.4, -0.2) is 44.7 Å². The first kappa shape index (κ1) is 21.2. The number of halogens is 1. The molecule has 0 unspecified atom stereocenters. The number of aliphatic imine (C=N–C) groups is 1. The van der Waals surface area contributed by atoms with Crippen molar-refractivity contribution in [1.82, 2.24) is 10.2 Å². The molecular weight excluding hydrogens is 389 g/mol. The lowest BCUT2D eigenvalue weighted by Gasteiger charge is -2.17. The Bertz CT molecular complexity index is 396. The third-order valence-corrected chi connectivity index (χ3v) is 3.07. The van der Waals surface area contributed by atoms with Gasteiger partial charge >= 0.3 is 0 Å². The molecule has 0 aliphatic heterocycles. The highest BCUT2D eigenvalue weighted by atomic mass is 127. The van der Waals surface area contributed by atoms with Crippen molar-refractivity contribution in [1.29, 1.82) is 0 Å². The third-order valence-electron chi connectivity index (χ3n) is 3.07. The number of nitrogens with one attached hydrogen (secondary N) is 1. The van der Waals surface area contributed by atoms with Crippen molar-refractivity contribution in [3.8, 4) is 0 Å². The summed E-state index contributed by atoms with van der Waals surface area (Å²) >= 11 is 0. The van der Waals surface area contributed by atoms with E-state index in [9.17, 15) is 0 Å². The molecule has 1 rings (SSSR count).